The van der Waals surface area contributed by atoms with Crippen LogP contribution in [0, 0.1) is 32.1 Å². The van der Waals surface area contributed by atoms with Crippen LogP contribution in [0.1, 0.15) is 46.2 Å². The molecular formula is C28H29N3O3S. The van der Waals surface area contributed by atoms with Crippen molar-refractivity contribution in [3.8, 4) is 6.07 Å². The van der Waals surface area contributed by atoms with Gasteiger partial charge in [-0.3, -0.25) is 9.52 Å². The van der Waals surface area contributed by atoms with Crippen LogP contribution >= 0.6 is 0 Å². The first-order valence-corrected chi connectivity index (χ1v) is 13.2. The van der Waals surface area contributed by atoms with Gasteiger partial charge in [0.1, 0.15) is 0 Å². The summed E-state index contributed by atoms with van der Waals surface area (Å²) in [5.41, 5.74) is 6.36. The largest absolute Gasteiger partial charge is 0.312 e. The number of hydrogen-bond donors (Lipinski definition) is 1. The number of carbonyl (C=O) groups is 1. The van der Waals surface area contributed by atoms with E-state index < -0.39 is 10.0 Å². The predicted molar refractivity (Wildman–Crippen MR) is 138 cm³/mol. The monoisotopic (exact) mass is 487 g/mol. The summed E-state index contributed by atoms with van der Waals surface area (Å²) in [7, 11) is -3.74. The van der Waals surface area contributed by atoms with E-state index >= 15 is 0 Å². The molecular weight excluding hydrogens is 458 g/mol. The van der Waals surface area contributed by atoms with Crippen molar-refractivity contribution in [1.29, 1.82) is 5.26 Å². The molecule has 0 atom stereocenters. The van der Waals surface area contributed by atoms with Crippen molar-refractivity contribution in [3.63, 3.8) is 0 Å². The fourth-order valence-electron chi connectivity index (χ4n) is 4.85. The lowest BCUT2D eigenvalue weighted by atomic mass is 10.00. The summed E-state index contributed by atoms with van der Waals surface area (Å²) in [6, 6.07) is 18.5. The number of sulfonamides is 1. The Bertz CT molecular complexity index is 1400. The molecule has 6 nitrogen and oxygen atoms in total. The summed E-state index contributed by atoms with van der Waals surface area (Å²) in [5, 5.41) is 8.94. The zero-order valence-corrected chi connectivity index (χ0v) is 21.1. The molecule has 1 heterocycles. The van der Waals surface area contributed by atoms with Crippen LogP contribution < -0.4 is 9.62 Å². The second-order valence-electron chi connectivity index (χ2n) is 9.13. The normalized spacial score (nSPS) is 13.1. The molecule has 1 aliphatic heterocycles. The molecule has 0 spiro atoms. The first-order valence-electron chi connectivity index (χ1n) is 11.7. The highest BCUT2D eigenvalue weighted by Gasteiger charge is 2.24. The Morgan fingerprint density at radius 2 is 1.71 bits per heavy atom. The van der Waals surface area contributed by atoms with E-state index in [-0.39, 0.29) is 5.91 Å². The lowest BCUT2D eigenvalue weighted by molar-refractivity contribution is -0.118. The van der Waals surface area contributed by atoms with Crippen LogP contribution in [0.5, 0.6) is 0 Å². The summed E-state index contributed by atoms with van der Waals surface area (Å²) in [5.74, 6) is 0.0366. The molecule has 0 fully saturated rings. The Kier molecular flexibility index (Phi) is 6.95. The first-order chi connectivity index (χ1) is 16.7. The number of nitrogens with zero attached hydrogens (tertiary/aromatic N) is 2. The highest BCUT2D eigenvalue weighted by atomic mass is 32.2. The molecule has 3 aromatic rings. The molecule has 0 radical (unpaired) electrons. The maximum absolute atomic E-state index is 13.2. The topological polar surface area (TPSA) is 90.3 Å². The summed E-state index contributed by atoms with van der Waals surface area (Å²) in [6.45, 7) is 6.21. The highest BCUT2D eigenvalue weighted by molar-refractivity contribution is 7.92. The summed E-state index contributed by atoms with van der Waals surface area (Å²) in [4.78, 5) is 15.1. The van der Waals surface area contributed by atoms with Gasteiger partial charge in [0.05, 0.1) is 16.5 Å². The van der Waals surface area contributed by atoms with Crippen LogP contribution in [-0.4, -0.2) is 20.9 Å². The van der Waals surface area contributed by atoms with E-state index in [1.165, 1.54) is 0 Å². The Morgan fingerprint density at radius 3 is 2.37 bits per heavy atom. The smallest absolute Gasteiger partial charge is 0.262 e. The van der Waals surface area contributed by atoms with Gasteiger partial charge in [-0.2, -0.15) is 5.26 Å². The fourth-order valence-corrected chi connectivity index (χ4v) is 6.35. The van der Waals surface area contributed by atoms with Gasteiger partial charge in [0.2, 0.25) is 5.91 Å². The second-order valence-corrected chi connectivity index (χ2v) is 10.8. The number of anilines is 2. The minimum atomic E-state index is -3.74. The number of nitrogens with one attached hydrogen (secondary N) is 1. The van der Waals surface area contributed by atoms with E-state index in [0.29, 0.717) is 46.7 Å². The molecule has 0 aliphatic carbocycles. The van der Waals surface area contributed by atoms with Crippen LogP contribution in [0.2, 0.25) is 0 Å². The number of fused-ring (bicyclic) bond motifs is 1. The maximum Gasteiger partial charge on any atom is 0.262 e. The molecule has 0 saturated heterocycles. The Morgan fingerprint density at radius 1 is 1.03 bits per heavy atom. The molecule has 0 saturated carbocycles. The molecule has 7 heteroatoms. The summed E-state index contributed by atoms with van der Waals surface area (Å²) >= 11 is 0. The lowest BCUT2D eigenvalue weighted by Crippen LogP contribution is -2.35. The van der Waals surface area contributed by atoms with E-state index in [1.807, 2.05) is 57.2 Å². The third kappa shape index (κ3) is 5.39. The highest BCUT2D eigenvalue weighted by Crippen LogP contribution is 2.32. The molecule has 1 N–H and O–H groups in total. The van der Waals surface area contributed by atoms with Gasteiger partial charge in [0.15, 0.2) is 0 Å². The van der Waals surface area contributed by atoms with Gasteiger partial charge >= 0.3 is 0 Å². The molecule has 1 aliphatic rings. The van der Waals surface area contributed by atoms with Crippen LogP contribution in [0.15, 0.2) is 59.5 Å². The van der Waals surface area contributed by atoms with Crippen molar-refractivity contribution in [2.75, 3.05) is 16.2 Å². The third-order valence-corrected chi connectivity index (χ3v) is 8.02. The molecule has 3 aromatic carbocycles. The van der Waals surface area contributed by atoms with Crippen molar-refractivity contribution in [3.05, 3.63) is 88.0 Å². The molecule has 0 unspecified atom stereocenters. The van der Waals surface area contributed by atoms with Gasteiger partial charge in [-0.25, -0.2) is 8.42 Å². The fraction of sp³-hybridized carbons (Fsp3) is 0.286. The number of benzene rings is 3. The molecule has 180 valence electrons. The number of rotatable bonds is 6. The zero-order chi connectivity index (χ0) is 25.2. The lowest BCUT2D eigenvalue weighted by Gasteiger charge is -2.30. The number of hydrogen-bond acceptors (Lipinski definition) is 4. The Balaban J connectivity index is 1.50. The van der Waals surface area contributed by atoms with Crippen molar-refractivity contribution in [2.45, 2.75) is 51.3 Å². The average Bonchev–Trinajstić information content (AvgIpc) is 2.81. The van der Waals surface area contributed by atoms with Gasteiger partial charge in [0, 0.05) is 24.3 Å². The molecule has 0 aromatic heterocycles. The number of nitriles is 1. The number of amides is 1. The van der Waals surface area contributed by atoms with Gasteiger partial charge in [-0.15, -0.1) is 0 Å². The van der Waals surface area contributed by atoms with E-state index in [1.54, 1.807) is 23.1 Å². The second kappa shape index (κ2) is 9.93. The van der Waals surface area contributed by atoms with E-state index in [9.17, 15) is 13.2 Å². The van der Waals surface area contributed by atoms with Crippen LogP contribution in [-0.2, 0) is 27.7 Å². The van der Waals surface area contributed by atoms with E-state index in [2.05, 4.69) is 10.8 Å². The van der Waals surface area contributed by atoms with Crippen molar-refractivity contribution in [1.82, 2.24) is 0 Å². The van der Waals surface area contributed by atoms with Crippen LogP contribution in [0.25, 0.3) is 0 Å². The number of aryl methyl sites for hydroxylation is 5. The van der Waals surface area contributed by atoms with Crippen LogP contribution in [0.4, 0.5) is 11.4 Å². The van der Waals surface area contributed by atoms with E-state index in [4.69, 9.17) is 5.26 Å². The predicted octanol–water partition coefficient (Wildman–Crippen LogP) is 5.20. The Labute approximate surface area is 207 Å². The molecule has 0 bridgehead atoms. The Hall–Kier alpha value is -3.63. The quantitative estimate of drug-likeness (QED) is 0.518. The summed E-state index contributed by atoms with van der Waals surface area (Å²) < 4.78 is 29.1. The van der Waals surface area contributed by atoms with Gasteiger partial charge < -0.3 is 4.90 Å². The standard InChI is InChI=1S/C28H29N3O3S/c1-19-15-20(2)28(21(3)16-19)35(33,34)30-25-11-12-26-24(17-25)5-4-14-31(26)27(32)13-10-22-6-8-23(18-29)9-7-22/h6-9,11-12,15-17,30H,4-5,10,13-14H2,1-3H3. The number of carbonyl (C=O) groups excluding carboxylic acids is 1. The molecule has 4 rings (SSSR count). The minimum Gasteiger partial charge on any atom is -0.312 e. The van der Waals surface area contributed by atoms with Gasteiger partial charge in [-0.1, -0.05) is 29.8 Å². The van der Waals surface area contributed by atoms with Crippen molar-refractivity contribution in [2.24, 2.45) is 0 Å². The van der Waals surface area contributed by atoms with Gasteiger partial charge in [-0.05, 0) is 92.6 Å². The van der Waals surface area contributed by atoms with Crippen molar-refractivity contribution < 1.29 is 13.2 Å². The van der Waals surface area contributed by atoms with E-state index in [0.717, 1.165) is 35.2 Å². The molecule has 1 amide bonds. The minimum absolute atomic E-state index is 0.0366. The average molecular weight is 488 g/mol. The van der Waals surface area contributed by atoms with Gasteiger partial charge in [0.25, 0.3) is 10.0 Å². The summed E-state index contributed by atoms with van der Waals surface area (Å²) in [6.07, 6.45) is 2.57. The molecule has 35 heavy (non-hydrogen) atoms. The maximum atomic E-state index is 13.2. The zero-order valence-electron chi connectivity index (χ0n) is 20.3. The first kappa shape index (κ1) is 24.5. The van der Waals surface area contributed by atoms with Crippen LogP contribution in [0.3, 0.4) is 0 Å². The SMILES string of the molecule is Cc1cc(C)c(S(=O)(=O)Nc2ccc3c(c2)CCCN3C(=O)CCc2ccc(C#N)cc2)c(C)c1. The van der Waals surface area contributed by atoms with Crippen molar-refractivity contribution >= 4 is 27.3 Å². The third-order valence-electron chi connectivity index (χ3n) is 6.34.